The number of nitrogens with one attached hydrogen (secondary N) is 2. The van der Waals surface area contributed by atoms with E-state index in [9.17, 15) is 14.4 Å². The Morgan fingerprint density at radius 1 is 1.40 bits per heavy atom. The summed E-state index contributed by atoms with van der Waals surface area (Å²) in [7, 11) is 0. The van der Waals surface area contributed by atoms with Gasteiger partial charge < -0.3 is 21.5 Å². The van der Waals surface area contributed by atoms with Crippen molar-refractivity contribution in [2.75, 3.05) is 13.1 Å². The molecule has 5 N–H and O–H groups in total. The first-order valence-electron chi connectivity index (χ1n) is 3.96. The molecule has 0 bridgehead atoms. The van der Waals surface area contributed by atoms with Crippen LogP contribution in [0.1, 0.15) is 6.92 Å². The van der Waals surface area contributed by atoms with E-state index < -0.39 is 30.4 Å². The molecule has 0 aliphatic rings. The van der Waals surface area contributed by atoms with Gasteiger partial charge in [0.25, 0.3) is 0 Å². The number of hydrogen-bond donors (Lipinski definition) is 4. The summed E-state index contributed by atoms with van der Waals surface area (Å²) in [6.07, 6.45) is 0. The second-order valence-electron chi connectivity index (χ2n) is 2.60. The van der Waals surface area contributed by atoms with Crippen molar-refractivity contribution in [3.05, 3.63) is 0 Å². The second kappa shape index (κ2) is 8.01. The molecule has 0 spiro atoms. The van der Waals surface area contributed by atoms with E-state index in [0.717, 1.165) is 0 Å². The zero-order valence-electron chi connectivity index (χ0n) is 8.15. The van der Waals surface area contributed by atoms with E-state index in [1.165, 1.54) is 6.92 Å². The van der Waals surface area contributed by atoms with Crippen LogP contribution in [-0.4, -0.2) is 42.0 Å². The lowest BCUT2D eigenvalue weighted by atomic mass is 10.3. The highest BCUT2D eigenvalue weighted by Crippen LogP contribution is 1.81. The van der Waals surface area contributed by atoms with Crippen LogP contribution < -0.4 is 16.4 Å². The fourth-order valence-electron chi connectivity index (χ4n) is 0.682. The lowest BCUT2D eigenvalue weighted by molar-refractivity contribution is -0.138. The summed E-state index contributed by atoms with van der Waals surface area (Å²) in [5.74, 6) is -2.17. The van der Waals surface area contributed by atoms with Crippen LogP contribution in [0.15, 0.2) is 0 Å². The van der Waals surface area contributed by atoms with Crippen LogP contribution in [0.2, 0.25) is 0 Å². The third kappa shape index (κ3) is 7.71. The van der Waals surface area contributed by atoms with Gasteiger partial charge in [0, 0.05) is 0 Å². The topological polar surface area (TPSA) is 122 Å². The van der Waals surface area contributed by atoms with E-state index in [0.29, 0.717) is 0 Å². The van der Waals surface area contributed by atoms with Crippen LogP contribution in [0.25, 0.3) is 0 Å². The van der Waals surface area contributed by atoms with Crippen LogP contribution in [0, 0.1) is 0 Å². The molecule has 0 aliphatic heterocycles. The van der Waals surface area contributed by atoms with E-state index in [4.69, 9.17) is 10.8 Å². The van der Waals surface area contributed by atoms with E-state index in [2.05, 4.69) is 10.6 Å². The first-order chi connectivity index (χ1) is 6.47. The van der Waals surface area contributed by atoms with Crippen molar-refractivity contribution in [2.24, 2.45) is 5.73 Å². The van der Waals surface area contributed by atoms with Crippen molar-refractivity contribution in [3.63, 3.8) is 0 Å². The average Bonchev–Trinajstić information content (AvgIpc) is 2.13. The normalized spacial score (nSPS) is 10.8. The molecule has 0 saturated carbocycles. The minimum absolute atomic E-state index is 0. The van der Waals surface area contributed by atoms with Crippen LogP contribution in [0.5, 0.6) is 0 Å². The number of halogens is 1. The fraction of sp³-hybridized carbons (Fsp3) is 0.571. The van der Waals surface area contributed by atoms with Crippen molar-refractivity contribution >= 4 is 30.2 Å². The van der Waals surface area contributed by atoms with Crippen LogP contribution in [-0.2, 0) is 14.4 Å². The molecule has 0 unspecified atom stereocenters. The van der Waals surface area contributed by atoms with Gasteiger partial charge in [0.2, 0.25) is 11.8 Å². The largest absolute Gasteiger partial charge is 0.480 e. The molecule has 0 aromatic carbocycles. The Balaban J connectivity index is 0. The summed E-state index contributed by atoms with van der Waals surface area (Å²) in [6, 6.07) is -0.787. The molecular weight excluding hydrogens is 226 g/mol. The van der Waals surface area contributed by atoms with Gasteiger partial charge >= 0.3 is 5.97 Å². The van der Waals surface area contributed by atoms with Crippen LogP contribution in [0.3, 0.4) is 0 Å². The molecular formula is C7H14ClN3O4. The summed E-state index contributed by atoms with van der Waals surface area (Å²) < 4.78 is 0. The Hall–Kier alpha value is -1.34. The molecule has 88 valence electrons. The molecule has 0 rings (SSSR count). The van der Waals surface area contributed by atoms with E-state index in [1.54, 1.807) is 0 Å². The Morgan fingerprint density at radius 3 is 2.33 bits per heavy atom. The molecule has 0 aromatic heterocycles. The number of hydrogen-bond acceptors (Lipinski definition) is 4. The van der Waals surface area contributed by atoms with E-state index in [1.807, 2.05) is 0 Å². The molecule has 0 heterocycles. The maximum absolute atomic E-state index is 11.1. The number of amides is 2. The van der Waals surface area contributed by atoms with Gasteiger partial charge in [-0.05, 0) is 6.92 Å². The minimum Gasteiger partial charge on any atom is -0.480 e. The van der Waals surface area contributed by atoms with Gasteiger partial charge in [-0.3, -0.25) is 14.4 Å². The molecule has 8 heteroatoms. The monoisotopic (exact) mass is 239 g/mol. The molecule has 0 fully saturated rings. The van der Waals surface area contributed by atoms with E-state index in [-0.39, 0.29) is 19.0 Å². The molecule has 0 saturated heterocycles. The predicted molar refractivity (Wildman–Crippen MR) is 54.6 cm³/mol. The number of nitrogens with two attached hydrogens (primary N) is 1. The summed E-state index contributed by atoms with van der Waals surface area (Å²) >= 11 is 0. The molecule has 1 atom stereocenters. The lowest BCUT2D eigenvalue weighted by Crippen LogP contribution is -2.47. The second-order valence-corrected chi connectivity index (χ2v) is 2.60. The predicted octanol–water partition coefficient (Wildman–Crippen LogP) is -1.93. The molecule has 0 aliphatic carbocycles. The Kier molecular flexibility index (Phi) is 8.60. The molecule has 0 radical (unpaired) electrons. The van der Waals surface area contributed by atoms with Crippen molar-refractivity contribution < 1.29 is 19.5 Å². The summed E-state index contributed by atoms with van der Waals surface area (Å²) in [5.41, 5.74) is 5.00. The standard InChI is InChI=1S/C7H13N3O4.ClH/c1-4(10-5(11)2-8)7(14)9-3-6(12)13;/h4H,2-3,8H2,1H3,(H,9,14)(H,10,11)(H,12,13);1H/t4-;/m0./s1. The highest BCUT2D eigenvalue weighted by Gasteiger charge is 2.14. The molecule has 7 nitrogen and oxygen atoms in total. The summed E-state index contributed by atoms with van der Waals surface area (Å²) in [5, 5.41) is 12.7. The minimum atomic E-state index is -1.14. The van der Waals surface area contributed by atoms with Crippen molar-refractivity contribution in [3.8, 4) is 0 Å². The van der Waals surface area contributed by atoms with Gasteiger partial charge in [0.05, 0.1) is 6.54 Å². The number of carbonyl (C=O) groups excluding carboxylic acids is 2. The average molecular weight is 240 g/mol. The van der Waals surface area contributed by atoms with Gasteiger partial charge in [-0.2, -0.15) is 0 Å². The number of carboxylic acid groups (broad SMARTS) is 1. The Morgan fingerprint density at radius 2 is 1.93 bits per heavy atom. The number of rotatable bonds is 5. The van der Waals surface area contributed by atoms with Crippen LogP contribution in [0.4, 0.5) is 0 Å². The van der Waals surface area contributed by atoms with Gasteiger partial charge in [-0.15, -0.1) is 12.4 Å². The number of carbonyl (C=O) groups is 3. The first-order valence-corrected chi connectivity index (χ1v) is 3.96. The smallest absolute Gasteiger partial charge is 0.322 e. The van der Waals surface area contributed by atoms with Crippen LogP contribution >= 0.6 is 12.4 Å². The molecule has 2 amide bonds. The SMILES string of the molecule is C[C@H](NC(=O)CN)C(=O)NCC(=O)O.Cl. The van der Waals surface area contributed by atoms with Gasteiger partial charge in [0.1, 0.15) is 12.6 Å². The van der Waals surface area contributed by atoms with Crippen molar-refractivity contribution in [1.82, 2.24) is 10.6 Å². The Bertz CT molecular complexity index is 246. The zero-order valence-corrected chi connectivity index (χ0v) is 8.97. The summed E-state index contributed by atoms with van der Waals surface area (Å²) in [6.45, 7) is 0.753. The number of carboxylic acids is 1. The van der Waals surface area contributed by atoms with Gasteiger partial charge in [-0.1, -0.05) is 0 Å². The van der Waals surface area contributed by atoms with Crippen molar-refractivity contribution in [1.29, 1.82) is 0 Å². The van der Waals surface area contributed by atoms with Gasteiger partial charge in [-0.25, -0.2) is 0 Å². The zero-order chi connectivity index (χ0) is 11.1. The molecule has 15 heavy (non-hydrogen) atoms. The first kappa shape index (κ1) is 16.1. The maximum atomic E-state index is 11.1. The number of aliphatic carboxylic acids is 1. The lowest BCUT2D eigenvalue weighted by Gasteiger charge is -2.12. The van der Waals surface area contributed by atoms with Gasteiger partial charge in [0.15, 0.2) is 0 Å². The third-order valence-electron chi connectivity index (χ3n) is 1.37. The van der Waals surface area contributed by atoms with Crippen molar-refractivity contribution in [2.45, 2.75) is 13.0 Å². The third-order valence-corrected chi connectivity index (χ3v) is 1.37. The highest BCUT2D eigenvalue weighted by molar-refractivity contribution is 5.89. The summed E-state index contributed by atoms with van der Waals surface area (Å²) in [4.78, 5) is 31.9. The Labute approximate surface area is 92.8 Å². The highest BCUT2D eigenvalue weighted by atomic mass is 35.5. The van der Waals surface area contributed by atoms with E-state index >= 15 is 0 Å². The quantitative estimate of drug-likeness (QED) is 0.445. The molecule has 0 aromatic rings. The fourth-order valence-corrected chi connectivity index (χ4v) is 0.682. The maximum Gasteiger partial charge on any atom is 0.322 e.